The first-order valence-corrected chi connectivity index (χ1v) is 6.54. The van der Waals surface area contributed by atoms with E-state index in [0.717, 1.165) is 12.2 Å². The highest BCUT2D eigenvalue weighted by Gasteiger charge is 2.28. The van der Waals surface area contributed by atoms with E-state index in [2.05, 4.69) is 10.6 Å². The van der Waals surface area contributed by atoms with Crippen molar-refractivity contribution in [3.8, 4) is 5.75 Å². The van der Waals surface area contributed by atoms with E-state index in [4.69, 9.17) is 4.74 Å². The van der Waals surface area contributed by atoms with E-state index in [0.29, 0.717) is 19.4 Å². The van der Waals surface area contributed by atoms with E-state index < -0.39 is 0 Å². The minimum atomic E-state index is -0.378. The molecule has 19 heavy (non-hydrogen) atoms. The van der Waals surface area contributed by atoms with Gasteiger partial charge in [-0.25, -0.2) is 0 Å². The Hall–Kier alpha value is -2.04. The molecule has 2 amide bonds. The number of para-hydroxylation sites is 1. The molecular weight excluding hydrogens is 244 g/mol. The summed E-state index contributed by atoms with van der Waals surface area (Å²) in [5, 5.41) is 5.50. The molecule has 2 N–H and O–H groups in total. The lowest BCUT2D eigenvalue weighted by Gasteiger charge is -2.14. The summed E-state index contributed by atoms with van der Waals surface area (Å²) in [4.78, 5) is 22.9. The van der Waals surface area contributed by atoms with Crippen molar-refractivity contribution in [2.24, 2.45) is 0 Å². The lowest BCUT2D eigenvalue weighted by Crippen LogP contribution is -2.44. The molecule has 2 heterocycles. The van der Waals surface area contributed by atoms with E-state index in [1.165, 1.54) is 5.56 Å². The monoisotopic (exact) mass is 260 g/mol. The molecule has 1 fully saturated rings. The SMILES string of the molecule is O=C1CC[C@H](C(=O)NC[C@H]2Cc3ccccc3O2)N1. The van der Waals surface area contributed by atoms with Crippen molar-refractivity contribution in [1.82, 2.24) is 10.6 Å². The third-order valence-corrected chi connectivity index (χ3v) is 3.53. The average molecular weight is 260 g/mol. The Kier molecular flexibility index (Phi) is 3.11. The normalized spacial score (nSPS) is 24.5. The van der Waals surface area contributed by atoms with E-state index in [1.54, 1.807) is 0 Å². The number of fused-ring (bicyclic) bond motifs is 1. The van der Waals surface area contributed by atoms with Crippen LogP contribution in [0.15, 0.2) is 24.3 Å². The van der Waals surface area contributed by atoms with Gasteiger partial charge in [-0.1, -0.05) is 18.2 Å². The van der Waals surface area contributed by atoms with Gasteiger partial charge in [-0.2, -0.15) is 0 Å². The highest BCUT2D eigenvalue weighted by molar-refractivity contribution is 5.90. The Balaban J connectivity index is 1.49. The average Bonchev–Trinajstić information content (AvgIpc) is 3.01. The predicted octanol–water partition coefficient (Wildman–Crippen LogP) is 0.385. The number of nitrogens with one attached hydrogen (secondary N) is 2. The quantitative estimate of drug-likeness (QED) is 0.826. The number of hydrogen-bond donors (Lipinski definition) is 2. The van der Waals surface area contributed by atoms with Gasteiger partial charge in [0.1, 0.15) is 17.9 Å². The van der Waals surface area contributed by atoms with Crippen molar-refractivity contribution in [3.05, 3.63) is 29.8 Å². The van der Waals surface area contributed by atoms with E-state index in [1.807, 2.05) is 24.3 Å². The molecule has 0 spiro atoms. The second-order valence-electron chi connectivity index (χ2n) is 4.96. The van der Waals surface area contributed by atoms with Gasteiger partial charge in [0.25, 0.3) is 0 Å². The molecule has 100 valence electrons. The predicted molar refractivity (Wildman–Crippen MR) is 68.7 cm³/mol. The van der Waals surface area contributed by atoms with Gasteiger partial charge < -0.3 is 15.4 Å². The molecule has 0 aromatic heterocycles. The van der Waals surface area contributed by atoms with Gasteiger partial charge in [-0.3, -0.25) is 9.59 Å². The summed E-state index contributed by atoms with van der Waals surface area (Å²) >= 11 is 0. The Bertz CT molecular complexity index is 490. The first-order valence-electron chi connectivity index (χ1n) is 6.54. The molecule has 5 nitrogen and oxygen atoms in total. The van der Waals surface area contributed by atoms with Crippen LogP contribution in [0, 0.1) is 0 Å². The van der Waals surface area contributed by atoms with Crippen molar-refractivity contribution in [2.45, 2.75) is 31.4 Å². The van der Waals surface area contributed by atoms with Crippen LogP contribution in [-0.2, 0) is 16.0 Å². The van der Waals surface area contributed by atoms with Crippen LogP contribution < -0.4 is 15.4 Å². The first-order chi connectivity index (χ1) is 9.22. The molecule has 2 atom stereocenters. The Morgan fingerprint density at radius 2 is 2.26 bits per heavy atom. The van der Waals surface area contributed by atoms with E-state index in [9.17, 15) is 9.59 Å². The van der Waals surface area contributed by atoms with Crippen molar-refractivity contribution in [3.63, 3.8) is 0 Å². The van der Waals surface area contributed by atoms with Gasteiger partial charge in [0.15, 0.2) is 0 Å². The second kappa shape index (κ2) is 4.91. The maximum absolute atomic E-state index is 11.8. The number of ether oxygens (including phenoxy) is 1. The van der Waals surface area contributed by atoms with Crippen LogP contribution in [0.5, 0.6) is 5.75 Å². The minimum absolute atomic E-state index is 0.0153. The summed E-state index contributed by atoms with van der Waals surface area (Å²) in [5.41, 5.74) is 1.18. The molecular formula is C14H16N2O3. The number of hydrogen-bond acceptors (Lipinski definition) is 3. The zero-order valence-corrected chi connectivity index (χ0v) is 10.5. The van der Waals surface area contributed by atoms with Crippen molar-refractivity contribution in [1.29, 1.82) is 0 Å². The number of carbonyl (C=O) groups is 2. The van der Waals surface area contributed by atoms with Crippen molar-refractivity contribution in [2.75, 3.05) is 6.54 Å². The molecule has 2 aliphatic rings. The fourth-order valence-electron chi connectivity index (χ4n) is 2.52. The Labute approximate surface area is 111 Å². The summed E-state index contributed by atoms with van der Waals surface area (Å²) in [6.45, 7) is 0.472. The topological polar surface area (TPSA) is 67.4 Å². The minimum Gasteiger partial charge on any atom is -0.488 e. The molecule has 0 bridgehead atoms. The summed E-state index contributed by atoms with van der Waals surface area (Å²) in [5.74, 6) is 0.728. The van der Waals surface area contributed by atoms with E-state index in [-0.39, 0.29) is 24.0 Å². The van der Waals surface area contributed by atoms with Crippen molar-refractivity contribution >= 4 is 11.8 Å². The van der Waals surface area contributed by atoms with Crippen LogP contribution in [0.25, 0.3) is 0 Å². The standard InChI is InChI=1S/C14H16N2O3/c17-13-6-5-11(16-13)14(18)15-8-10-7-9-3-1-2-4-12(9)19-10/h1-4,10-11H,5-8H2,(H,15,18)(H,16,17)/t10-,11-/m1/s1. The Morgan fingerprint density at radius 3 is 3.00 bits per heavy atom. The fraction of sp³-hybridized carbons (Fsp3) is 0.429. The number of amides is 2. The number of benzene rings is 1. The van der Waals surface area contributed by atoms with Crippen LogP contribution in [0.2, 0.25) is 0 Å². The molecule has 0 radical (unpaired) electrons. The van der Waals surface area contributed by atoms with Crippen LogP contribution in [-0.4, -0.2) is 30.5 Å². The molecule has 2 aliphatic heterocycles. The summed E-state index contributed by atoms with van der Waals surface area (Å²) in [7, 11) is 0. The maximum Gasteiger partial charge on any atom is 0.242 e. The fourth-order valence-corrected chi connectivity index (χ4v) is 2.52. The highest BCUT2D eigenvalue weighted by atomic mass is 16.5. The van der Waals surface area contributed by atoms with Gasteiger partial charge in [-0.05, 0) is 18.1 Å². The van der Waals surface area contributed by atoms with Gasteiger partial charge in [0.2, 0.25) is 11.8 Å². The van der Waals surface area contributed by atoms with E-state index >= 15 is 0 Å². The summed E-state index contributed by atoms with van der Waals surface area (Å²) < 4.78 is 5.74. The van der Waals surface area contributed by atoms with Gasteiger partial charge in [-0.15, -0.1) is 0 Å². The molecule has 0 unspecified atom stereocenters. The maximum atomic E-state index is 11.8. The second-order valence-corrected chi connectivity index (χ2v) is 4.96. The third-order valence-electron chi connectivity index (χ3n) is 3.53. The molecule has 3 rings (SSSR count). The summed E-state index contributed by atoms with van der Waals surface area (Å²) in [6, 6.07) is 7.52. The molecule has 1 aromatic rings. The largest absolute Gasteiger partial charge is 0.488 e. The molecule has 5 heteroatoms. The number of rotatable bonds is 3. The molecule has 1 aromatic carbocycles. The Morgan fingerprint density at radius 1 is 1.42 bits per heavy atom. The zero-order valence-electron chi connectivity index (χ0n) is 10.5. The molecule has 1 saturated heterocycles. The van der Waals surface area contributed by atoms with Crippen LogP contribution >= 0.6 is 0 Å². The first kappa shape index (κ1) is 12.0. The lowest BCUT2D eigenvalue weighted by atomic mass is 10.1. The molecule has 0 saturated carbocycles. The van der Waals surface area contributed by atoms with Crippen molar-refractivity contribution < 1.29 is 14.3 Å². The van der Waals surface area contributed by atoms with Crippen LogP contribution in [0.1, 0.15) is 18.4 Å². The molecule has 0 aliphatic carbocycles. The third kappa shape index (κ3) is 2.54. The lowest BCUT2D eigenvalue weighted by molar-refractivity contribution is -0.126. The highest BCUT2D eigenvalue weighted by Crippen LogP contribution is 2.27. The van der Waals surface area contributed by atoms with Gasteiger partial charge in [0.05, 0.1) is 6.54 Å². The van der Waals surface area contributed by atoms with Crippen LogP contribution in [0.3, 0.4) is 0 Å². The number of carbonyl (C=O) groups excluding carboxylic acids is 2. The summed E-state index contributed by atoms with van der Waals surface area (Å²) in [6.07, 6.45) is 1.81. The van der Waals surface area contributed by atoms with Gasteiger partial charge >= 0.3 is 0 Å². The van der Waals surface area contributed by atoms with Crippen LogP contribution in [0.4, 0.5) is 0 Å². The van der Waals surface area contributed by atoms with Gasteiger partial charge in [0, 0.05) is 12.8 Å². The smallest absolute Gasteiger partial charge is 0.242 e. The zero-order chi connectivity index (χ0) is 13.2.